The number of nitrogens with one attached hydrogen (secondary N) is 1. The lowest BCUT2D eigenvalue weighted by Gasteiger charge is -2.13. The van der Waals surface area contributed by atoms with E-state index in [1.165, 1.54) is 0 Å². The molecule has 1 amide bonds. The molecule has 0 fully saturated rings. The van der Waals surface area contributed by atoms with Crippen molar-refractivity contribution in [1.29, 1.82) is 0 Å². The molecule has 2 aromatic heterocycles. The van der Waals surface area contributed by atoms with Gasteiger partial charge in [-0.05, 0) is 37.6 Å². The summed E-state index contributed by atoms with van der Waals surface area (Å²) in [5.41, 5.74) is 0.857. The summed E-state index contributed by atoms with van der Waals surface area (Å²) in [6, 6.07) is 9.44. The minimum Gasteiger partial charge on any atom is -0.469 e. The lowest BCUT2D eigenvalue weighted by Crippen LogP contribution is -2.35. The molecule has 0 aliphatic carbocycles. The van der Waals surface area contributed by atoms with Gasteiger partial charge >= 0.3 is 0 Å². The second kappa shape index (κ2) is 6.87. The monoisotopic (exact) mass is 331 g/mol. The minimum absolute atomic E-state index is 0.0676. The second-order valence-corrected chi connectivity index (χ2v) is 5.97. The molecule has 1 atom stereocenters. The number of aryl methyl sites for hydroxylation is 1. The topological polar surface area (TPSA) is 60.1 Å². The summed E-state index contributed by atoms with van der Waals surface area (Å²) < 4.78 is 6.96. The maximum Gasteiger partial charge on any atom is 0.241 e. The lowest BCUT2D eigenvalue weighted by molar-refractivity contribution is -0.122. The van der Waals surface area contributed by atoms with Gasteiger partial charge in [-0.3, -0.25) is 9.48 Å². The molecule has 6 heteroatoms. The summed E-state index contributed by atoms with van der Waals surface area (Å²) in [7, 11) is 0. The average molecular weight is 332 g/mol. The van der Waals surface area contributed by atoms with Gasteiger partial charge in [-0.15, -0.1) is 0 Å². The van der Waals surface area contributed by atoms with Crippen molar-refractivity contribution in [2.75, 3.05) is 0 Å². The van der Waals surface area contributed by atoms with Crippen LogP contribution in [0.15, 0.2) is 47.2 Å². The molecule has 1 aromatic carbocycles. The number of carbonyl (C=O) groups is 1. The quantitative estimate of drug-likeness (QED) is 0.753. The summed E-state index contributed by atoms with van der Waals surface area (Å²) in [5, 5.41) is 8.73. The van der Waals surface area contributed by atoms with E-state index in [1.54, 1.807) is 17.1 Å². The van der Waals surface area contributed by atoms with Crippen LogP contribution in [0.2, 0.25) is 5.02 Å². The third kappa shape index (κ3) is 3.74. The number of hydrogen-bond donors (Lipinski definition) is 1. The Kier molecular flexibility index (Phi) is 4.67. The first-order chi connectivity index (χ1) is 11.1. The number of fused-ring (bicyclic) bond motifs is 1. The number of nitrogens with zero attached hydrogens (tertiary/aromatic N) is 2. The number of furan rings is 1. The first-order valence-electron chi connectivity index (χ1n) is 7.55. The van der Waals surface area contributed by atoms with Gasteiger partial charge in [-0.2, -0.15) is 5.10 Å². The predicted octanol–water partition coefficient (Wildman–Crippen LogP) is 3.42. The highest BCUT2D eigenvalue weighted by Gasteiger charge is 2.12. The van der Waals surface area contributed by atoms with Gasteiger partial charge < -0.3 is 9.73 Å². The van der Waals surface area contributed by atoms with Crippen LogP contribution in [0.25, 0.3) is 10.9 Å². The fourth-order valence-electron chi connectivity index (χ4n) is 2.54. The van der Waals surface area contributed by atoms with Crippen LogP contribution in [0.4, 0.5) is 0 Å². The van der Waals surface area contributed by atoms with Crippen LogP contribution in [0, 0.1) is 0 Å². The van der Waals surface area contributed by atoms with Crippen molar-refractivity contribution in [3.05, 3.63) is 53.6 Å². The van der Waals surface area contributed by atoms with Gasteiger partial charge in [0.05, 0.1) is 23.0 Å². The molecule has 0 radical (unpaired) electrons. The Bertz CT molecular complexity index is 795. The summed E-state index contributed by atoms with van der Waals surface area (Å²) in [5.74, 6) is 0.862. The van der Waals surface area contributed by atoms with E-state index < -0.39 is 0 Å². The summed E-state index contributed by atoms with van der Waals surface area (Å²) in [6.07, 6.45) is 4.97. The van der Waals surface area contributed by atoms with Gasteiger partial charge in [0, 0.05) is 17.8 Å². The van der Waals surface area contributed by atoms with E-state index in [2.05, 4.69) is 10.4 Å². The van der Waals surface area contributed by atoms with Gasteiger partial charge in [0.1, 0.15) is 12.3 Å². The highest BCUT2D eigenvalue weighted by molar-refractivity contribution is 6.35. The van der Waals surface area contributed by atoms with Crippen LogP contribution in [-0.2, 0) is 17.8 Å². The standard InChI is InChI=1S/C17H18ClN3O2/c1-12(7-8-13-4-3-9-23-13)20-17(22)11-21-16-6-2-5-15(18)14(16)10-19-21/h2-6,9-10,12H,7-8,11H2,1H3,(H,20,22). The molecule has 0 saturated heterocycles. The summed E-state index contributed by atoms with van der Waals surface area (Å²) >= 11 is 6.12. The first-order valence-corrected chi connectivity index (χ1v) is 7.93. The van der Waals surface area contributed by atoms with E-state index in [-0.39, 0.29) is 18.5 Å². The zero-order valence-electron chi connectivity index (χ0n) is 12.8. The van der Waals surface area contributed by atoms with Crippen molar-refractivity contribution in [3.63, 3.8) is 0 Å². The van der Waals surface area contributed by atoms with Crippen molar-refractivity contribution in [2.24, 2.45) is 0 Å². The average Bonchev–Trinajstić information content (AvgIpc) is 3.16. The predicted molar refractivity (Wildman–Crippen MR) is 89.4 cm³/mol. The molecule has 5 nitrogen and oxygen atoms in total. The Balaban J connectivity index is 1.57. The van der Waals surface area contributed by atoms with E-state index in [9.17, 15) is 4.79 Å². The zero-order chi connectivity index (χ0) is 16.2. The Morgan fingerprint density at radius 2 is 2.26 bits per heavy atom. The zero-order valence-corrected chi connectivity index (χ0v) is 13.6. The molecule has 2 heterocycles. The fourth-order valence-corrected chi connectivity index (χ4v) is 2.75. The third-order valence-corrected chi connectivity index (χ3v) is 4.07. The van der Waals surface area contributed by atoms with E-state index in [0.29, 0.717) is 5.02 Å². The van der Waals surface area contributed by atoms with Crippen LogP contribution in [0.3, 0.4) is 0 Å². The van der Waals surface area contributed by atoms with Gasteiger partial charge in [0.25, 0.3) is 0 Å². The summed E-state index contributed by atoms with van der Waals surface area (Å²) in [6.45, 7) is 2.16. The van der Waals surface area contributed by atoms with Crippen molar-refractivity contribution in [1.82, 2.24) is 15.1 Å². The Labute approximate surface area is 139 Å². The molecule has 0 aliphatic heterocycles. The Hall–Kier alpha value is -2.27. The molecule has 23 heavy (non-hydrogen) atoms. The molecule has 3 rings (SSSR count). The number of carbonyl (C=O) groups excluding carboxylic acids is 1. The van der Waals surface area contributed by atoms with E-state index in [1.807, 2.05) is 37.3 Å². The number of hydrogen-bond acceptors (Lipinski definition) is 3. The molecule has 0 aliphatic rings. The van der Waals surface area contributed by atoms with E-state index in [0.717, 1.165) is 29.5 Å². The Morgan fingerprint density at radius 1 is 1.39 bits per heavy atom. The molecule has 0 bridgehead atoms. The number of aromatic nitrogens is 2. The first kappa shape index (κ1) is 15.6. The van der Waals surface area contributed by atoms with Gasteiger partial charge in [-0.1, -0.05) is 17.7 Å². The van der Waals surface area contributed by atoms with Crippen LogP contribution < -0.4 is 5.32 Å². The maximum absolute atomic E-state index is 12.2. The minimum atomic E-state index is -0.0677. The highest BCUT2D eigenvalue weighted by atomic mass is 35.5. The van der Waals surface area contributed by atoms with Crippen LogP contribution >= 0.6 is 11.6 Å². The number of rotatable bonds is 6. The second-order valence-electron chi connectivity index (χ2n) is 5.56. The SMILES string of the molecule is CC(CCc1ccco1)NC(=O)Cn1ncc2c(Cl)cccc21. The van der Waals surface area contributed by atoms with Gasteiger partial charge in [0.2, 0.25) is 5.91 Å². The molecular weight excluding hydrogens is 314 g/mol. The molecular formula is C17H18ClN3O2. The molecule has 1 N–H and O–H groups in total. The summed E-state index contributed by atoms with van der Waals surface area (Å²) in [4.78, 5) is 12.2. The lowest BCUT2D eigenvalue weighted by atomic mass is 10.1. The van der Waals surface area contributed by atoms with Crippen molar-refractivity contribution >= 4 is 28.4 Å². The van der Waals surface area contributed by atoms with E-state index in [4.69, 9.17) is 16.0 Å². The molecule has 1 unspecified atom stereocenters. The van der Waals surface area contributed by atoms with Crippen LogP contribution in [0.5, 0.6) is 0 Å². The number of halogens is 1. The van der Waals surface area contributed by atoms with Gasteiger partial charge in [-0.25, -0.2) is 0 Å². The smallest absolute Gasteiger partial charge is 0.241 e. The highest BCUT2D eigenvalue weighted by Crippen LogP contribution is 2.22. The van der Waals surface area contributed by atoms with Crippen molar-refractivity contribution < 1.29 is 9.21 Å². The van der Waals surface area contributed by atoms with Gasteiger partial charge in [0.15, 0.2) is 0 Å². The van der Waals surface area contributed by atoms with Crippen molar-refractivity contribution in [3.8, 4) is 0 Å². The largest absolute Gasteiger partial charge is 0.469 e. The van der Waals surface area contributed by atoms with E-state index >= 15 is 0 Å². The number of benzene rings is 1. The Morgan fingerprint density at radius 3 is 3.04 bits per heavy atom. The van der Waals surface area contributed by atoms with Crippen LogP contribution in [0.1, 0.15) is 19.1 Å². The maximum atomic E-state index is 12.2. The third-order valence-electron chi connectivity index (χ3n) is 3.74. The molecule has 3 aromatic rings. The fraction of sp³-hybridized carbons (Fsp3) is 0.294. The molecule has 0 saturated carbocycles. The van der Waals surface area contributed by atoms with Crippen LogP contribution in [-0.4, -0.2) is 21.7 Å². The van der Waals surface area contributed by atoms with Crippen molar-refractivity contribution in [2.45, 2.75) is 32.4 Å². The normalized spacial score (nSPS) is 12.4. The molecule has 120 valence electrons. The molecule has 0 spiro atoms. The number of amides is 1.